The summed E-state index contributed by atoms with van der Waals surface area (Å²) in [5.41, 5.74) is -0.497. The van der Waals surface area contributed by atoms with Gasteiger partial charge in [-0.3, -0.25) is 14.4 Å². The van der Waals surface area contributed by atoms with Gasteiger partial charge in [0.15, 0.2) is 0 Å². The number of ether oxygens (including phenoxy) is 2. The number of amides is 3. The van der Waals surface area contributed by atoms with Gasteiger partial charge in [-0.1, -0.05) is 38.0 Å². The zero-order chi connectivity index (χ0) is 24.3. The summed E-state index contributed by atoms with van der Waals surface area (Å²) in [6, 6.07) is 6.55. The van der Waals surface area contributed by atoms with Gasteiger partial charge in [0.2, 0.25) is 17.7 Å². The highest BCUT2D eigenvalue weighted by molar-refractivity contribution is 6.03. The summed E-state index contributed by atoms with van der Waals surface area (Å²) in [4.78, 5) is 42.8. The van der Waals surface area contributed by atoms with Crippen LogP contribution in [0.3, 0.4) is 0 Å². The molecule has 3 aliphatic heterocycles. The van der Waals surface area contributed by atoms with Crippen LogP contribution in [0.5, 0.6) is 5.75 Å². The van der Waals surface area contributed by atoms with Gasteiger partial charge in [-0.25, -0.2) is 0 Å². The van der Waals surface area contributed by atoms with Gasteiger partial charge in [-0.15, -0.1) is 0 Å². The average Bonchev–Trinajstić information content (AvgIpc) is 3.44. The Morgan fingerprint density at radius 3 is 2.69 bits per heavy atom. The van der Waals surface area contributed by atoms with E-state index in [1.54, 1.807) is 36.3 Å². The van der Waals surface area contributed by atoms with Gasteiger partial charge in [0.1, 0.15) is 17.4 Å². The van der Waals surface area contributed by atoms with Gasteiger partial charge in [0, 0.05) is 23.8 Å². The molecule has 186 valence electrons. The molecule has 8 nitrogen and oxygen atoms in total. The highest BCUT2D eigenvalue weighted by atomic mass is 16.5. The van der Waals surface area contributed by atoms with Gasteiger partial charge >= 0.3 is 0 Å². The van der Waals surface area contributed by atoms with Crippen molar-refractivity contribution in [1.29, 1.82) is 0 Å². The third kappa shape index (κ3) is 3.56. The summed E-state index contributed by atoms with van der Waals surface area (Å²) in [7, 11) is 1.57. The first kappa shape index (κ1) is 22.6. The summed E-state index contributed by atoms with van der Waals surface area (Å²) < 4.78 is 11.7. The maximum atomic E-state index is 13.8. The summed E-state index contributed by atoms with van der Waals surface area (Å²) in [5, 5.41) is 6.21. The van der Waals surface area contributed by atoms with E-state index in [1.165, 1.54) is 6.42 Å². The van der Waals surface area contributed by atoms with Gasteiger partial charge in [0.25, 0.3) is 0 Å². The molecule has 1 spiro atoms. The number of hydrogen-bond donors (Lipinski definition) is 2. The summed E-state index contributed by atoms with van der Waals surface area (Å²) in [6.07, 6.45) is 9.32. The fourth-order valence-corrected chi connectivity index (χ4v) is 6.67. The SMILES string of the molecule is COc1cccc(NC(=O)[C@H]2[C@H]3C=C[C@@]4(O3)[C@H]2C(=O)N(C2CC2)[C@@H]4C(=O)N[C@H]2CCCC[C@@H]2C)c1. The normalized spacial score (nSPS) is 37.3. The number of nitrogens with zero attached hydrogens (tertiary/aromatic N) is 1. The molecule has 7 atom stereocenters. The predicted molar refractivity (Wildman–Crippen MR) is 129 cm³/mol. The van der Waals surface area contributed by atoms with Crippen LogP contribution in [0.1, 0.15) is 45.4 Å². The maximum Gasteiger partial charge on any atom is 0.246 e. The average molecular weight is 480 g/mol. The van der Waals surface area contributed by atoms with Crippen molar-refractivity contribution in [2.45, 2.75) is 75.3 Å². The van der Waals surface area contributed by atoms with Crippen LogP contribution in [0.4, 0.5) is 5.69 Å². The number of rotatable bonds is 6. The zero-order valence-electron chi connectivity index (χ0n) is 20.2. The van der Waals surface area contributed by atoms with Crippen LogP contribution in [0.2, 0.25) is 0 Å². The Hall–Kier alpha value is -2.87. The Labute approximate surface area is 205 Å². The number of benzene rings is 1. The van der Waals surface area contributed by atoms with Crippen LogP contribution in [0.15, 0.2) is 36.4 Å². The number of anilines is 1. The van der Waals surface area contributed by atoms with Crippen LogP contribution in [0.25, 0.3) is 0 Å². The number of hydrogen-bond acceptors (Lipinski definition) is 5. The first-order valence-electron chi connectivity index (χ1n) is 12.9. The fourth-order valence-electron chi connectivity index (χ4n) is 6.67. The van der Waals surface area contributed by atoms with Crippen molar-refractivity contribution in [2.24, 2.45) is 17.8 Å². The minimum atomic E-state index is -1.09. The number of methoxy groups -OCH3 is 1. The molecule has 0 aromatic heterocycles. The Morgan fingerprint density at radius 1 is 1.14 bits per heavy atom. The first-order chi connectivity index (χ1) is 16.9. The second kappa shape index (κ2) is 8.36. The molecule has 2 saturated heterocycles. The molecular weight excluding hydrogens is 446 g/mol. The third-order valence-electron chi connectivity index (χ3n) is 8.58. The minimum absolute atomic E-state index is 0.0418. The lowest BCUT2D eigenvalue weighted by molar-refractivity contribution is -0.142. The van der Waals surface area contributed by atoms with Crippen molar-refractivity contribution in [3.8, 4) is 5.75 Å². The van der Waals surface area contributed by atoms with Crippen molar-refractivity contribution in [3.05, 3.63) is 36.4 Å². The standard InChI is InChI=1S/C27H33N3O5/c1-15-6-3-4-9-19(15)29-25(32)23-27-13-12-20(35-27)21(22(27)26(33)30(23)17-10-11-17)24(31)28-16-7-5-8-18(14-16)34-2/h5,7-8,12-15,17,19-23H,3-4,6,9-11H2,1-2H3,(H,28,31)(H,29,32)/t15-,19-,20+,21-,22+,23+,27+/m0/s1. The quantitative estimate of drug-likeness (QED) is 0.612. The van der Waals surface area contributed by atoms with Crippen LogP contribution < -0.4 is 15.4 Å². The van der Waals surface area contributed by atoms with Crippen molar-refractivity contribution in [1.82, 2.24) is 10.2 Å². The van der Waals surface area contributed by atoms with Gasteiger partial charge in [-0.2, -0.15) is 0 Å². The third-order valence-corrected chi connectivity index (χ3v) is 8.58. The number of carbonyl (C=O) groups excluding carboxylic acids is 3. The molecule has 5 aliphatic rings. The van der Waals surface area contributed by atoms with E-state index in [2.05, 4.69) is 17.6 Å². The molecule has 6 rings (SSSR count). The van der Waals surface area contributed by atoms with E-state index >= 15 is 0 Å². The predicted octanol–water partition coefficient (Wildman–Crippen LogP) is 2.64. The molecule has 35 heavy (non-hydrogen) atoms. The summed E-state index contributed by atoms with van der Waals surface area (Å²) in [5.74, 6) is -0.910. The van der Waals surface area contributed by atoms with Crippen molar-refractivity contribution in [3.63, 3.8) is 0 Å². The second-order valence-electron chi connectivity index (χ2n) is 10.8. The van der Waals surface area contributed by atoms with E-state index in [-0.39, 0.29) is 29.8 Å². The molecule has 0 radical (unpaired) electrons. The number of nitrogens with one attached hydrogen (secondary N) is 2. The highest BCUT2D eigenvalue weighted by Gasteiger charge is 2.74. The molecule has 8 heteroatoms. The maximum absolute atomic E-state index is 13.8. The van der Waals surface area contributed by atoms with E-state index in [9.17, 15) is 14.4 Å². The van der Waals surface area contributed by atoms with Gasteiger partial charge < -0.3 is 25.0 Å². The molecule has 3 heterocycles. The van der Waals surface area contributed by atoms with Gasteiger partial charge in [0.05, 0.1) is 25.0 Å². The van der Waals surface area contributed by atoms with E-state index in [0.717, 1.165) is 32.1 Å². The number of likely N-dealkylation sites (tertiary alicyclic amines) is 1. The smallest absolute Gasteiger partial charge is 0.246 e. The van der Waals surface area contributed by atoms with Crippen LogP contribution in [-0.2, 0) is 19.1 Å². The molecule has 0 unspecified atom stereocenters. The van der Waals surface area contributed by atoms with Crippen LogP contribution >= 0.6 is 0 Å². The van der Waals surface area contributed by atoms with Crippen LogP contribution in [-0.4, -0.2) is 59.6 Å². The Bertz CT molecular complexity index is 1080. The number of carbonyl (C=O) groups is 3. The molecular formula is C27H33N3O5. The van der Waals surface area contributed by atoms with Crippen LogP contribution in [0, 0.1) is 17.8 Å². The summed E-state index contributed by atoms with van der Waals surface area (Å²) in [6.45, 7) is 2.18. The van der Waals surface area contributed by atoms with Crippen molar-refractivity contribution in [2.75, 3.05) is 12.4 Å². The van der Waals surface area contributed by atoms with E-state index in [0.29, 0.717) is 17.4 Å². The number of fused-ring (bicyclic) bond motifs is 1. The van der Waals surface area contributed by atoms with Crippen molar-refractivity contribution < 1.29 is 23.9 Å². The molecule has 2 aliphatic carbocycles. The molecule has 2 N–H and O–H groups in total. The molecule has 2 saturated carbocycles. The lowest BCUT2D eigenvalue weighted by Gasteiger charge is -2.36. The highest BCUT2D eigenvalue weighted by Crippen LogP contribution is 2.57. The molecule has 1 aromatic carbocycles. The molecule has 4 fully saturated rings. The van der Waals surface area contributed by atoms with E-state index < -0.39 is 29.6 Å². The zero-order valence-corrected chi connectivity index (χ0v) is 20.2. The Balaban J connectivity index is 1.28. The largest absolute Gasteiger partial charge is 0.497 e. The lowest BCUT2D eigenvalue weighted by atomic mass is 9.74. The van der Waals surface area contributed by atoms with Crippen molar-refractivity contribution >= 4 is 23.4 Å². The van der Waals surface area contributed by atoms with E-state index in [4.69, 9.17) is 9.47 Å². The van der Waals surface area contributed by atoms with Gasteiger partial charge in [-0.05, 0) is 43.7 Å². The Kier molecular flexibility index (Phi) is 5.40. The monoisotopic (exact) mass is 479 g/mol. The first-order valence-corrected chi connectivity index (χ1v) is 12.9. The summed E-state index contributed by atoms with van der Waals surface area (Å²) >= 11 is 0. The molecule has 2 bridgehead atoms. The van der Waals surface area contributed by atoms with E-state index in [1.807, 2.05) is 12.2 Å². The minimum Gasteiger partial charge on any atom is -0.497 e. The topological polar surface area (TPSA) is 97.0 Å². The fraction of sp³-hybridized carbons (Fsp3) is 0.593. The Morgan fingerprint density at radius 2 is 1.94 bits per heavy atom. The lowest BCUT2D eigenvalue weighted by Crippen LogP contribution is -2.57. The second-order valence-corrected chi connectivity index (χ2v) is 10.8. The molecule has 1 aromatic rings. The molecule has 3 amide bonds.